The minimum atomic E-state index is 0.478. The normalized spacial score (nSPS) is 10.7. The quantitative estimate of drug-likeness (QED) is 0.686. The molecule has 0 bridgehead atoms. The molecule has 0 radical (unpaired) electrons. The van der Waals surface area contributed by atoms with Crippen molar-refractivity contribution >= 4 is 22.5 Å². The molecular weight excluding hydrogens is 272 g/mol. The van der Waals surface area contributed by atoms with Gasteiger partial charge in [-0.15, -0.1) is 0 Å². The van der Waals surface area contributed by atoms with Crippen molar-refractivity contribution in [2.45, 2.75) is 13.8 Å². The molecule has 0 aliphatic heterocycles. The van der Waals surface area contributed by atoms with Gasteiger partial charge in [-0.3, -0.25) is 0 Å². The third kappa shape index (κ3) is 1.84. The number of nitrogens with zero attached hydrogens (tertiary/aromatic N) is 4. The van der Waals surface area contributed by atoms with E-state index in [0.29, 0.717) is 16.4 Å². The van der Waals surface area contributed by atoms with Gasteiger partial charge in [0, 0.05) is 5.39 Å². The second-order valence-corrected chi connectivity index (χ2v) is 4.94. The first-order valence-electron chi connectivity index (χ1n) is 6.14. The molecule has 1 aromatic carbocycles. The Morgan fingerprint density at radius 2 is 2.00 bits per heavy atom. The summed E-state index contributed by atoms with van der Waals surface area (Å²) in [5.41, 5.74) is 2.81. The lowest BCUT2D eigenvalue weighted by Crippen LogP contribution is -2.05. The molecule has 20 heavy (non-hydrogen) atoms. The number of aryl methyl sites for hydroxylation is 1. The van der Waals surface area contributed by atoms with Gasteiger partial charge in [-0.1, -0.05) is 29.8 Å². The molecule has 0 atom stereocenters. The van der Waals surface area contributed by atoms with Crippen LogP contribution in [0.1, 0.15) is 17.0 Å². The van der Waals surface area contributed by atoms with E-state index in [1.54, 1.807) is 4.68 Å². The highest BCUT2D eigenvalue weighted by Crippen LogP contribution is 2.25. The summed E-state index contributed by atoms with van der Waals surface area (Å²) in [4.78, 5) is 4.55. The molecule has 0 unspecified atom stereocenters. The summed E-state index contributed by atoms with van der Waals surface area (Å²) in [5.74, 6) is 0.513. The van der Waals surface area contributed by atoms with Gasteiger partial charge in [-0.05, 0) is 26.0 Å². The van der Waals surface area contributed by atoms with Crippen molar-refractivity contribution in [3.63, 3.8) is 0 Å². The highest BCUT2D eigenvalue weighted by atomic mass is 35.5. The van der Waals surface area contributed by atoms with Crippen LogP contribution in [0.2, 0.25) is 5.02 Å². The van der Waals surface area contributed by atoms with E-state index >= 15 is 0 Å². The number of pyridine rings is 1. The van der Waals surface area contributed by atoms with Crippen molar-refractivity contribution in [3.05, 3.63) is 52.3 Å². The van der Waals surface area contributed by atoms with Crippen molar-refractivity contribution in [2.75, 3.05) is 0 Å². The maximum absolute atomic E-state index is 9.34. The van der Waals surface area contributed by atoms with E-state index in [1.807, 2.05) is 44.2 Å². The zero-order valence-electron chi connectivity index (χ0n) is 11.1. The maximum atomic E-state index is 9.34. The molecule has 2 aromatic heterocycles. The number of benzene rings is 1. The fourth-order valence-electron chi connectivity index (χ4n) is 2.18. The van der Waals surface area contributed by atoms with E-state index in [4.69, 9.17) is 11.6 Å². The lowest BCUT2D eigenvalue weighted by atomic mass is 10.1. The van der Waals surface area contributed by atoms with Crippen molar-refractivity contribution in [1.29, 1.82) is 5.26 Å². The van der Waals surface area contributed by atoms with E-state index in [2.05, 4.69) is 16.2 Å². The molecule has 0 aliphatic rings. The first kappa shape index (κ1) is 12.6. The highest BCUT2D eigenvalue weighted by molar-refractivity contribution is 6.31. The number of para-hydroxylation sites is 1. The molecule has 3 aromatic rings. The van der Waals surface area contributed by atoms with Crippen LogP contribution in [0.25, 0.3) is 16.7 Å². The topological polar surface area (TPSA) is 54.5 Å². The zero-order valence-corrected chi connectivity index (χ0v) is 11.8. The van der Waals surface area contributed by atoms with Gasteiger partial charge in [0.05, 0.1) is 27.5 Å². The maximum Gasteiger partial charge on any atom is 0.172 e. The molecule has 0 fully saturated rings. The van der Waals surface area contributed by atoms with E-state index in [-0.39, 0.29) is 0 Å². The van der Waals surface area contributed by atoms with Crippen LogP contribution in [0.4, 0.5) is 0 Å². The Morgan fingerprint density at radius 1 is 1.25 bits per heavy atom. The van der Waals surface area contributed by atoms with E-state index in [1.165, 1.54) is 0 Å². The summed E-state index contributed by atoms with van der Waals surface area (Å²) in [7, 11) is 0. The summed E-state index contributed by atoms with van der Waals surface area (Å²) in [6, 6.07) is 11.7. The van der Waals surface area contributed by atoms with Crippen LogP contribution < -0.4 is 0 Å². The second-order valence-electron chi connectivity index (χ2n) is 4.56. The molecule has 5 heteroatoms. The fourth-order valence-corrected chi connectivity index (χ4v) is 2.30. The van der Waals surface area contributed by atoms with Gasteiger partial charge >= 0.3 is 0 Å². The summed E-state index contributed by atoms with van der Waals surface area (Å²) in [6.45, 7) is 3.69. The molecule has 4 nitrogen and oxygen atoms in total. The van der Waals surface area contributed by atoms with Crippen molar-refractivity contribution in [3.8, 4) is 11.9 Å². The fraction of sp³-hybridized carbons (Fsp3) is 0.133. The number of rotatable bonds is 1. The number of aromatic nitrogens is 3. The van der Waals surface area contributed by atoms with Gasteiger partial charge < -0.3 is 0 Å². The van der Waals surface area contributed by atoms with Crippen LogP contribution >= 0.6 is 11.6 Å². The van der Waals surface area contributed by atoms with Crippen LogP contribution in [-0.2, 0) is 0 Å². The van der Waals surface area contributed by atoms with Crippen molar-refractivity contribution < 1.29 is 0 Å². The number of fused-ring (bicyclic) bond motifs is 1. The molecule has 0 saturated heterocycles. The van der Waals surface area contributed by atoms with E-state index in [9.17, 15) is 5.26 Å². The minimum Gasteiger partial charge on any atom is -0.227 e. The summed E-state index contributed by atoms with van der Waals surface area (Å²) in [6.07, 6.45) is 0. The molecular formula is C15H11ClN4. The number of nitriles is 1. The number of hydrogen-bond acceptors (Lipinski definition) is 3. The lowest BCUT2D eigenvalue weighted by molar-refractivity contribution is 0.808. The highest BCUT2D eigenvalue weighted by Gasteiger charge is 2.15. The lowest BCUT2D eigenvalue weighted by Gasteiger charge is -2.07. The van der Waals surface area contributed by atoms with E-state index < -0.39 is 0 Å². The Bertz CT molecular complexity index is 858. The van der Waals surface area contributed by atoms with Crippen LogP contribution in [0.3, 0.4) is 0 Å². The molecule has 2 heterocycles. The smallest absolute Gasteiger partial charge is 0.172 e. The molecule has 0 aliphatic carbocycles. The molecule has 98 valence electrons. The van der Waals surface area contributed by atoms with Gasteiger partial charge in [0.15, 0.2) is 5.82 Å². The second kappa shape index (κ2) is 4.62. The summed E-state index contributed by atoms with van der Waals surface area (Å²) in [5, 5.41) is 15.2. The van der Waals surface area contributed by atoms with Gasteiger partial charge in [0.1, 0.15) is 6.07 Å². The number of halogens is 1. The van der Waals surface area contributed by atoms with Crippen LogP contribution in [-0.4, -0.2) is 14.8 Å². The first-order valence-corrected chi connectivity index (χ1v) is 6.51. The third-order valence-electron chi connectivity index (χ3n) is 3.23. The Kier molecular flexibility index (Phi) is 2.92. The molecule has 0 N–H and O–H groups in total. The van der Waals surface area contributed by atoms with Gasteiger partial charge in [0.2, 0.25) is 0 Å². The van der Waals surface area contributed by atoms with E-state index in [0.717, 1.165) is 22.3 Å². The van der Waals surface area contributed by atoms with Gasteiger partial charge in [0.25, 0.3) is 0 Å². The molecule has 0 saturated carbocycles. The van der Waals surface area contributed by atoms with Crippen LogP contribution in [0.15, 0.2) is 30.3 Å². The SMILES string of the molecule is Cc1nn(-c2nc3ccccc3cc2C#N)c(C)c1Cl. The standard InChI is InChI=1S/C15H11ClN4/c1-9-14(16)10(2)20(19-9)15-12(8-17)7-11-5-3-4-6-13(11)18-15/h3-7H,1-2H3. The molecule has 0 amide bonds. The van der Waals surface area contributed by atoms with Crippen molar-refractivity contribution in [1.82, 2.24) is 14.8 Å². The Hall–Kier alpha value is -2.38. The van der Waals surface area contributed by atoms with Crippen molar-refractivity contribution in [2.24, 2.45) is 0 Å². The summed E-state index contributed by atoms with van der Waals surface area (Å²) >= 11 is 6.17. The minimum absolute atomic E-state index is 0.478. The largest absolute Gasteiger partial charge is 0.227 e. The van der Waals surface area contributed by atoms with Gasteiger partial charge in [-0.25, -0.2) is 9.67 Å². The molecule has 3 rings (SSSR count). The third-order valence-corrected chi connectivity index (χ3v) is 3.77. The molecule has 0 spiro atoms. The Morgan fingerprint density at radius 3 is 2.65 bits per heavy atom. The Balaban J connectivity index is 2.35. The van der Waals surface area contributed by atoms with Crippen LogP contribution in [0, 0.1) is 25.2 Å². The monoisotopic (exact) mass is 282 g/mol. The average molecular weight is 283 g/mol. The number of hydrogen-bond donors (Lipinski definition) is 0. The summed E-state index contributed by atoms with van der Waals surface area (Å²) < 4.78 is 1.63. The predicted octanol–water partition coefficient (Wildman–Crippen LogP) is 3.56. The Labute approximate surface area is 121 Å². The zero-order chi connectivity index (χ0) is 14.3. The van der Waals surface area contributed by atoms with Gasteiger partial charge in [-0.2, -0.15) is 10.4 Å². The first-order chi connectivity index (χ1) is 9.61. The predicted molar refractivity (Wildman–Crippen MR) is 78.1 cm³/mol. The average Bonchev–Trinajstić information content (AvgIpc) is 2.73. The van der Waals surface area contributed by atoms with Crippen LogP contribution in [0.5, 0.6) is 0 Å².